The molecule has 1 unspecified atom stereocenters. The highest BCUT2D eigenvalue weighted by Crippen LogP contribution is 2.26. The van der Waals surface area contributed by atoms with E-state index in [9.17, 15) is 4.39 Å². The van der Waals surface area contributed by atoms with Gasteiger partial charge < -0.3 is 9.73 Å². The Kier molecular flexibility index (Phi) is 3.82. The number of hydrogen-bond acceptors (Lipinski definition) is 2. The molecule has 0 amide bonds. The Hall–Kier alpha value is -1.61. The maximum atomic E-state index is 13.5. The standard InChI is InChI=1S/C15H18FNO/c1-4-17-11(3)14-7-8-15(18-14)12-6-5-10(2)13(16)9-12/h5-9,11,17H,4H2,1-3H3. The third-order valence-corrected chi connectivity index (χ3v) is 3.02. The molecule has 1 atom stereocenters. The van der Waals surface area contributed by atoms with Gasteiger partial charge in [-0.1, -0.05) is 19.1 Å². The zero-order chi connectivity index (χ0) is 13.1. The normalized spacial score (nSPS) is 12.7. The lowest BCUT2D eigenvalue weighted by Gasteiger charge is -2.08. The fourth-order valence-corrected chi connectivity index (χ4v) is 1.89. The molecule has 0 fully saturated rings. The average molecular weight is 247 g/mol. The van der Waals surface area contributed by atoms with Crippen molar-refractivity contribution in [1.82, 2.24) is 5.32 Å². The number of rotatable bonds is 4. The van der Waals surface area contributed by atoms with Crippen LogP contribution in [0.25, 0.3) is 11.3 Å². The van der Waals surface area contributed by atoms with Crippen LogP contribution >= 0.6 is 0 Å². The minimum absolute atomic E-state index is 0.166. The summed E-state index contributed by atoms with van der Waals surface area (Å²) in [5, 5.41) is 3.28. The molecule has 18 heavy (non-hydrogen) atoms. The van der Waals surface area contributed by atoms with Crippen molar-refractivity contribution < 1.29 is 8.81 Å². The number of halogens is 1. The van der Waals surface area contributed by atoms with Crippen molar-refractivity contribution in [2.75, 3.05) is 6.54 Å². The van der Waals surface area contributed by atoms with Crippen LogP contribution in [0.2, 0.25) is 0 Å². The monoisotopic (exact) mass is 247 g/mol. The molecule has 1 aromatic heterocycles. The molecular formula is C15H18FNO. The summed E-state index contributed by atoms with van der Waals surface area (Å²) in [4.78, 5) is 0. The zero-order valence-electron chi connectivity index (χ0n) is 11.0. The van der Waals surface area contributed by atoms with Crippen LogP contribution in [-0.2, 0) is 0 Å². The first-order valence-electron chi connectivity index (χ1n) is 6.21. The van der Waals surface area contributed by atoms with E-state index in [1.165, 1.54) is 6.07 Å². The molecule has 1 N–H and O–H groups in total. The summed E-state index contributed by atoms with van der Waals surface area (Å²) >= 11 is 0. The molecule has 2 aromatic rings. The predicted octanol–water partition coefficient (Wildman–Crippen LogP) is 4.06. The second kappa shape index (κ2) is 5.36. The molecule has 1 aromatic carbocycles. The van der Waals surface area contributed by atoms with E-state index >= 15 is 0 Å². The van der Waals surface area contributed by atoms with Crippen molar-refractivity contribution in [1.29, 1.82) is 0 Å². The molecular weight excluding hydrogens is 229 g/mol. The summed E-state index contributed by atoms with van der Waals surface area (Å²) in [7, 11) is 0. The largest absolute Gasteiger partial charge is 0.459 e. The maximum Gasteiger partial charge on any atom is 0.134 e. The van der Waals surface area contributed by atoms with E-state index < -0.39 is 0 Å². The number of hydrogen-bond donors (Lipinski definition) is 1. The van der Waals surface area contributed by atoms with Gasteiger partial charge in [0.15, 0.2) is 0 Å². The van der Waals surface area contributed by atoms with Crippen LogP contribution in [-0.4, -0.2) is 6.54 Å². The van der Waals surface area contributed by atoms with Gasteiger partial charge in [0.25, 0.3) is 0 Å². The van der Waals surface area contributed by atoms with Crippen LogP contribution in [0.4, 0.5) is 4.39 Å². The van der Waals surface area contributed by atoms with Crippen molar-refractivity contribution in [3.63, 3.8) is 0 Å². The molecule has 0 spiro atoms. The minimum Gasteiger partial charge on any atom is -0.459 e. The van der Waals surface area contributed by atoms with Crippen molar-refractivity contribution in [2.24, 2.45) is 0 Å². The SMILES string of the molecule is CCNC(C)c1ccc(-c2ccc(C)c(F)c2)o1. The number of aryl methyl sites for hydroxylation is 1. The van der Waals surface area contributed by atoms with Crippen LogP contribution in [0.15, 0.2) is 34.7 Å². The predicted molar refractivity (Wildman–Crippen MR) is 70.9 cm³/mol. The zero-order valence-corrected chi connectivity index (χ0v) is 11.0. The molecule has 3 heteroatoms. The van der Waals surface area contributed by atoms with Crippen molar-refractivity contribution in [3.05, 3.63) is 47.5 Å². The number of nitrogens with one attached hydrogen (secondary N) is 1. The van der Waals surface area contributed by atoms with Gasteiger partial charge in [-0.3, -0.25) is 0 Å². The molecule has 0 aliphatic carbocycles. The average Bonchev–Trinajstić information content (AvgIpc) is 2.82. The Morgan fingerprint density at radius 3 is 2.72 bits per heavy atom. The lowest BCUT2D eigenvalue weighted by molar-refractivity contribution is 0.445. The topological polar surface area (TPSA) is 25.2 Å². The summed E-state index contributed by atoms with van der Waals surface area (Å²) in [6, 6.07) is 9.13. The fourth-order valence-electron chi connectivity index (χ4n) is 1.89. The van der Waals surface area contributed by atoms with E-state index in [0.29, 0.717) is 11.3 Å². The fraction of sp³-hybridized carbons (Fsp3) is 0.333. The highest BCUT2D eigenvalue weighted by atomic mass is 19.1. The van der Waals surface area contributed by atoms with Gasteiger partial charge in [0, 0.05) is 5.56 Å². The number of benzene rings is 1. The van der Waals surface area contributed by atoms with E-state index in [0.717, 1.165) is 17.9 Å². The van der Waals surface area contributed by atoms with E-state index in [-0.39, 0.29) is 11.9 Å². The molecule has 1 heterocycles. The van der Waals surface area contributed by atoms with E-state index in [1.54, 1.807) is 13.0 Å². The first kappa shape index (κ1) is 12.8. The Morgan fingerprint density at radius 2 is 2.06 bits per heavy atom. The molecule has 0 bridgehead atoms. The minimum atomic E-state index is -0.204. The summed E-state index contributed by atoms with van der Waals surface area (Å²) in [5.41, 5.74) is 1.42. The van der Waals surface area contributed by atoms with Gasteiger partial charge in [-0.15, -0.1) is 0 Å². The molecule has 0 aliphatic heterocycles. The Labute approximate surface area is 107 Å². The molecule has 0 saturated heterocycles. The van der Waals surface area contributed by atoms with Gasteiger partial charge in [-0.25, -0.2) is 4.39 Å². The van der Waals surface area contributed by atoms with Gasteiger partial charge in [0.1, 0.15) is 17.3 Å². The molecule has 0 radical (unpaired) electrons. The second-order valence-corrected chi connectivity index (χ2v) is 4.45. The molecule has 0 aliphatic rings. The van der Waals surface area contributed by atoms with Crippen molar-refractivity contribution in [2.45, 2.75) is 26.8 Å². The molecule has 2 nitrogen and oxygen atoms in total. The summed E-state index contributed by atoms with van der Waals surface area (Å²) in [6.07, 6.45) is 0. The van der Waals surface area contributed by atoms with Crippen LogP contribution in [0.3, 0.4) is 0 Å². The Balaban J connectivity index is 2.26. The smallest absolute Gasteiger partial charge is 0.134 e. The van der Waals surface area contributed by atoms with Crippen LogP contribution in [0, 0.1) is 12.7 Å². The molecule has 2 rings (SSSR count). The molecule has 96 valence electrons. The van der Waals surface area contributed by atoms with Gasteiger partial charge in [0.2, 0.25) is 0 Å². The second-order valence-electron chi connectivity index (χ2n) is 4.45. The Morgan fingerprint density at radius 1 is 1.28 bits per heavy atom. The third kappa shape index (κ3) is 2.62. The summed E-state index contributed by atoms with van der Waals surface area (Å²) in [6.45, 7) is 6.73. The Bertz CT molecular complexity index is 533. The first-order valence-corrected chi connectivity index (χ1v) is 6.21. The van der Waals surface area contributed by atoms with E-state index in [1.807, 2.05) is 25.1 Å². The third-order valence-electron chi connectivity index (χ3n) is 3.02. The van der Waals surface area contributed by atoms with Gasteiger partial charge >= 0.3 is 0 Å². The lowest BCUT2D eigenvalue weighted by Crippen LogP contribution is -2.16. The van der Waals surface area contributed by atoms with Crippen LogP contribution < -0.4 is 5.32 Å². The summed E-state index contributed by atoms with van der Waals surface area (Å²) < 4.78 is 19.2. The van der Waals surface area contributed by atoms with Crippen LogP contribution in [0.5, 0.6) is 0 Å². The molecule has 0 saturated carbocycles. The lowest BCUT2D eigenvalue weighted by atomic mass is 10.1. The first-order chi connectivity index (χ1) is 8.61. The van der Waals surface area contributed by atoms with Gasteiger partial charge in [-0.05, 0) is 44.2 Å². The number of furan rings is 1. The van der Waals surface area contributed by atoms with E-state index in [4.69, 9.17) is 4.42 Å². The van der Waals surface area contributed by atoms with E-state index in [2.05, 4.69) is 12.2 Å². The van der Waals surface area contributed by atoms with Crippen molar-refractivity contribution in [3.8, 4) is 11.3 Å². The van der Waals surface area contributed by atoms with Gasteiger partial charge in [-0.2, -0.15) is 0 Å². The quantitative estimate of drug-likeness (QED) is 0.881. The van der Waals surface area contributed by atoms with Crippen molar-refractivity contribution >= 4 is 0 Å². The highest BCUT2D eigenvalue weighted by molar-refractivity contribution is 5.58. The highest BCUT2D eigenvalue weighted by Gasteiger charge is 2.11. The van der Waals surface area contributed by atoms with Gasteiger partial charge in [0.05, 0.1) is 6.04 Å². The summed E-state index contributed by atoms with van der Waals surface area (Å²) in [5.74, 6) is 1.37. The van der Waals surface area contributed by atoms with Crippen LogP contribution in [0.1, 0.15) is 31.2 Å². The maximum absolute atomic E-state index is 13.5.